The molecule has 0 aromatic heterocycles. The molecular formula is C20H23NO. The topological polar surface area (TPSA) is 29.1 Å². The van der Waals surface area contributed by atoms with E-state index in [2.05, 4.69) is 43.4 Å². The van der Waals surface area contributed by atoms with Crippen LogP contribution in [-0.2, 0) is 4.79 Å². The average Bonchev–Trinajstić information content (AvgIpc) is 2.55. The summed E-state index contributed by atoms with van der Waals surface area (Å²) in [5.74, 6) is 0.751. The number of benzene rings is 2. The Morgan fingerprint density at radius 2 is 1.45 bits per heavy atom. The number of rotatable bonds is 3. The van der Waals surface area contributed by atoms with Crippen molar-refractivity contribution in [2.75, 3.05) is 0 Å². The largest absolute Gasteiger partial charge is 0.302 e. The second kappa shape index (κ2) is 6.45. The van der Waals surface area contributed by atoms with E-state index >= 15 is 0 Å². The van der Waals surface area contributed by atoms with Gasteiger partial charge in [-0.1, -0.05) is 74.5 Å². The molecular weight excluding hydrogens is 270 g/mol. The lowest BCUT2D eigenvalue weighted by Crippen LogP contribution is -2.44. The molecule has 2 nitrogen and oxygen atoms in total. The van der Waals surface area contributed by atoms with Crippen LogP contribution in [0.15, 0.2) is 60.7 Å². The van der Waals surface area contributed by atoms with E-state index in [1.54, 1.807) is 0 Å². The van der Waals surface area contributed by atoms with Crippen molar-refractivity contribution in [2.45, 2.75) is 32.4 Å². The summed E-state index contributed by atoms with van der Waals surface area (Å²) in [7, 11) is 0. The van der Waals surface area contributed by atoms with Crippen LogP contribution in [0.5, 0.6) is 0 Å². The smallest absolute Gasteiger partial charge is 0.140 e. The molecule has 0 radical (unpaired) electrons. The van der Waals surface area contributed by atoms with Gasteiger partial charge >= 0.3 is 0 Å². The first-order chi connectivity index (χ1) is 10.7. The maximum atomic E-state index is 12.8. The van der Waals surface area contributed by atoms with E-state index in [-0.39, 0.29) is 18.0 Å². The van der Waals surface area contributed by atoms with Crippen molar-refractivity contribution < 1.29 is 4.79 Å². The van der Waals surface area contributed by atoms with Gasteiger partial charge in [0.1, 0.15) is 5.78 Å². The molecule has 1 N–H and O–H groups in total. The van der Waals surface area contributed by atoms with Crippen molar-refractivity contribution in [3.8, 4) is 0 Å². The van der Waals surface area contributed by atoms with E-state index in [0.29, 0.717) is 18.1 Å². The summed E-state index contributed by atoms with van der Waals surface area (Å²) in [5, 5.41) is 3.73. The normalized spacial score (nSPS) is 25.4. The molecule has 2 heteroatoms. The zero-order chi connectivity index (χ0) is 15.5. The third-order valence-electron chi connectivity index (χ3n) is 4.60. The molecule has 2 aromatic carbocycles. The number of nitrogens with one attached hydrogen (secondary N) is 1. The number of ketones is 1. The minimum absolute atomic E-state index is 0.0439. The van der Waals surface area contributed by atoms with Crippen LogP contribution in [0.25, 0.3) is 0 Å². The highest BCUT2D eigenvalue weighted by Crippen LogP contribution is 2.38. The minimum atomic E-state index is 0.0439. The molecule has 0 spiro atoms. The molecule has 0 saturated carbocycles. The summed E-state index contributed by atoms with van der Waals surface area (Å²) >= 11 is 0. The van der Waals surface area contributed by atoms with Crippen LogP contribution >= 0.6 is 0 Å². The van der Waals surface area contributed by atoms with Gasteiger partial charge in [-0.3, -0.25) is 4.79 Å². The summed E-state index contributed by atoms with van der Waals surface area (Å²) in [6.45, 7) is 4.28. The van der Waals surface area contributed by atoms with E-state index in [1.165, 1.54) is 11.1 Å². The molecule has 1 saturated heterocycles. The second-order valence-electron chi connectivity index (χ2n) is 6.46. The standard InChI is InChI=1S/C20H23NO/c1-14(2)19-18(22)13-17(15-9-5-3-6-10-15)21-20(19)16-11-7-4-8-12-16/h3-12,14,17,19-21H,13H2,1-2H3/t17-,19+,20-/m0/s1. The zero-order valence-corrected chi connectivity index (χ0v) is 13.2. The minimum Gasteiger partial charge on any atom is -0.302 e. The van der Waals surface area contributed by atoms with Crippen molar-refractivity contribution in [1.29, 1.82) is 0 Å². The Bertz CT molecular complexity index is 621. The van der Waals surface area contributed by atoms with Crippen LogP contribution in [0.2, 0.25) is 0 Å². The van der Waals surface area contributed by atoms with Gasteiger partial charge in [-0.05, 0) is 17.0 Å². The van der Waals surface area contributed by atoms with E-state index < -0.39 is 0 Å². The predicted octanol–water partition coefficient (Wildman–Crippen LogP) is 4.30. The van der Waals surface area contributed by atoms with Gasteiger partial charge in [-0.25, -0.2) is 0 Å². The van der Waals surface area contributed by atoms with Gasteiger partial charge in [0.05, 0.1) is 0 Å². The average molecular weight is 293 g/mol. The lowest BCUT2D eigenvalue weighted by molar-refractivity contribution is -0.128. The fourth-order valence-corrected chi connectivity index (χ4v) is 3.52. The Morgan fingerprint density at radius 1 is 0.909 bits per heavy atom. The lowest BCUT2D eigenvalue weighted by atomic mass is 9.75. The molecule has 1 fully saturated rings. The van der Waals surface area contributed by atoms with E-state index in [4.69, 9.17) is 0 Å². The summed E-state index contributed by atoms with van der Waals surface area (Å²) in [5.41, 5.74) is 2.40. The maximum absolute atomic E-state index is 12.8. The number of piperidine rings is 1. The molecule has 1 aliphatic heterocycles. The van der Waals surface area contributed by atoms with E-state index in [1.807, 2.05) is 36.4 Å². The summed E-state index contributed by atoms with van der Waals surface area (Å²) < 4.78 is 0. The maximum Gasteiger partial charge on any atom is 0.140 e. The van der Waals surface area contributed by atoms with Gasteiger partial charge in [0.15, 0.2) is 0 Å². The summed E-state index contributed by atoms with van der Waals surface area (Å²) in [4.78, 5) is 12.8. The first-order valence-electron chi connectivity index (χ1n) is 8.05. The molecule has 22 heavy (non-hydrogen) atoms. The molecule has 1 heterocycles. The van der Waals surface area contributed by atoms with Gasteiger partial charge in [0.25, 0.3) is 0 Å². The Morgan fingerprint density at radius 3 is 2.00 bits per heavy atom. The van der Waals surface area contributed by atoms with Crippen LogP contribution in [0.4, 0.5) is 0 Å². The Labute approximate surface area is 132 Å². The van der Waals surface area contributed by atoms with Crippen LogP contribution in [-0.4, -0.2) is 5.78 Å². The van der Waals surface area contributed by atoms with Gasteiger partial charge in [0, 0.05) is 24.4 Å². The van der Waals surface area contributed by atoms with E-state index in [0.717, 1.165) is 0 Å². The number of hydrogen-bond donors (Lipinski definition) is 1. The van der Waals surface area contributed by atoms with Crippen molar-refractivity contribution in [3.05, 3.63) is 71.8 Å². The van der Waals surface area contributed by atoms with Crippen LogP contribution < -0.4 is 5.32 Å². The monoisotopic (exact) mass is 293 g/mol. The molecule has 114 valence electrons. The molecule has 3 rings (SSSR count). The van der Waals surface area contributed by atoms with Crippen molar-refractivity contribution in [3.63, 3.8) is 0 Å². The van der Waals surface area contributed by atoms with Crippen LogP contribution in [0.3, 0.4) is 0 Å². The van der Waals surface area contributed by atoms with Crippen LogP contribution in [0.1, 0.15) is 43.5 Å². The Hall–Kier alpha value is -1.93. The molecule has 0 unspecified atom stereocenters. The quantitative estimate of drug-likeness (QED) is 0.914. The third-order valence-corrected chi connectivity index (χ3v) is 4.60. The van der Waals surface area contributed by atoms with Crippen molar-refractivity contribution >= 4 is 5.78 Å². The van der Waals surface area contributed by atoms with Gasteiger partial charge in [0.2, 0.25) is 0 Å². The van der Waals surface area contributed by atoms with Gasteiger partial charge in [-0.2, -0.15) is 0 Å². The molecule has 0 amide bonds. The van der Waals surface area contributed by atoms with Gasteiger partial charge < -0.3 is 5.32 Å². The molecule has 1 aliphatic rings. The highest BCUT2D eigenvalue weighted by molar-refractivity contribution is 5.84. The summed E-state index contributed by atoms with van der Waals surface area (Å²) in [6.07, 6.45) is 0.580. The van der Waals surface area contributed by atoms with Gasteiger partial charge in [-0.15, -0.1) is 0 Å². The first-order valence-corrected chi connectivity index (χ1v) is 8.05. The molecule has 2 aromatic rings. The van der Waals surface area contributed by atoms with Crippen molar-refractivity contribution in [2.24, 2.45) is 11.8 Å². The number of carbonyl (C=O) groups excluding carboxylic acids is 1. The van der Waals surface area contributed by atoms with Crippen molar-refractivity contribution in [1.82, 2.24) is 5.32 Å². The summed E-state index contributed by atoms with van der Waals surface area (Å²) in [6, 6.07) is 20.8. The lowest BCUT2D eigenvalue weighted by Gasteiger charge is -2.39. The third kappa shape index (κ3) is 2.97. The number of hydrogen-bond acceptors (Lipinski definition) is 2. The molecule has 0 bridgehead atoms. The SMILES string of the molecule is CC(C)[C@@H]1C(=O)C[C@@H](c2ccccc2)N[C@H]1c1ccccc1. The number of Topliss-reactive ketones (excluding diaryl/α,β-unsaturated/α-hetero) is 1. The zero-order valence-electron chi connectivity index (χ0n) is 13.2. The Kier molecular flexibility index (Phi) is 4.39. The highest BCUT2D eigenvalue weighted by Gasteiger charge is 2.38. The highest BCUT2D eigenvalue weighted by atomic mass is 16.1. The fourth-order valence-electron chi connectivity index (χ4n) is 3.52. The second-order valence-corrected chi connectivity index (χ2v) is 6.46. The molecule has 3 atom stereocenters. The first kappa shape index (κ1) is 15.0. The number of carbonyl (C=O) groups is 1. The van der Waals surface area contributed by atoms with Crippen LogP contribution in [0, 0.1) is 11.8 Å². The van der Waals surface area contributed by atoms with E-state index in [9.17, 15) is 4.79 Å². The Balaban J connectivity index is 1.94. The predicted molar refractivity (Wildman–Crippen MR) is 89.5 cm³/mol. The fraction of sp³-hybridized carbons (Fsp3) is 0.350. The molecule has 0 aliphatic carbocycles.